The number of hydrogen-bond donors (Lipinski definition) is 0. The van der Waals surface area contributed by atoms with Gasteiger partial charge in [0, 0.05) is 61.9 Å². The fourth-order valence-electron chi connectivity index (χ4n) is 4.38. The van der Waals surface area contributed by atoms with E-state index in [1.165, 1.54) is 4.88 Å². The average molecular weight is 476 g/mol. The lowest BCUT2D eigenvalue weighted by molar-refractivity contribution is -0.132. The van der Waals surface area contributed by atoms with E-state index in [1.54, 1.807) is 23.1 Å². The topological polar surface area (TPSA) is 71.5 Å². The normalized spacial score (nSPS) is 19.9. The number of thiazole rings is 1. The number of nitrogens with zero attached hydrogens (tertiary/aromatic N) is 5. The summed E-state index contributed by atoms with van der Waals surface area (Å²) in [7, 11) is 0. The van der Waals surface area contributed by atoms with Crippen molar-refractivity contribution in [2.45, 2.75) is 50.6 Å². The quantitative estimate of drug-likeness (QED) is 0.428. The molecule has 2 aliphatic rings. The van der Waals surface area contributed by atoms with Gasteiger partial charge in [-0.25, -0.2) is 15.0 Å². The number of morpholine rings is 1. The third-order valence-electron chi connectivity index (χ3n) is 6.30. The van der Waals surface area contributed by atoms with Gasteiger partial charge in [0.15, 0.2) is 5.16 Å². The number of hydrogen-bond acceptors (Lipinski definition) is 8. The van der Waals surface area contributed by atoms with E-state index < -0.39 is 0 Å². The van der Waals surface area contributed by atoms with Crippen LogP contribution in [0.15, 0.2) is 16.9 Å². The molecule has 0 N–H and O–H groups in total. The molecule has 2 aromatic heterocycles. The van der Waals surface area contributed by atoms with Gasteiger partial charge < -0.3 is 9.64 Å². The van der Waals surface area contributed by atoms with Gasteiger partial charge in [0.1, 0.15) is 0 Å². The van der Waals surface area contributed by atoms with Gasteiger partial charge in [-0.2, -0.15) is 0 Å². The van der Waals surface area contributed by atoms with Gasteiger partial charge in [-0.05, 0) is 38.7 Å². The molecule has 2 aliphatic heterocycles. The first-order valence-corrected chi connectivity index (χ1v) is 13.4. The van der Waals surface area contributed by atoms with Crippen LogP contribution in [0.2, 0.25) is 0 Å². The van der Waals surface area contributed by atoms with Crippen molar-refractivity contribution in [3.05, 3.63) is 33.5 Å². The minimum absolute atomic E-state index is 0.245. The van der Waals surface area contributed by atoms with Gasteiger partial charge in [-0.3, -0.25) is 9.69 Å². The Kier molecular flexibility index (Phi) is 8.51. The van der Waals surface area contributed by atoms with Crippen molar-refractivity contribution < 1.29 is 9.53 Å². The number of ether oxygens (including phenoxy) is 1. The molecule has 1 atom stereocenters. The molecule has 1 amide bonds. The lowest BCUT2D eigenvalue weighted by Crippen LogP contribution is -2.39. The molecule has 0 aliphatic carbocycles. The van der Waals surface area contributed by atoms with Crippen molar-refractivity contribution in [3.63, 3.8) is 0 Å². The summed E-state index contributed by atoms with van der Waals surface area (Å²) in [6, 6.07) is 0. The summed E-state index contributed by atoms with van der Waals surface area (Å²) in [5.41, 5.74) is 5.15. The van der Waals surface area contributed by atoms with E-state index in [2.05, 4.69) is 21.8 Å². The SMILES string of the molecule is Cc1cnc(SCCN2CCOCC2)nc1[C@H]1CCCN(C(=O)CCc2scnc2C)C1. The van der Waals surface area contributed by atoms with E-state index >= 15 is 0 Å². The van der Waals surface area contributed by atoms with Gasteiger partial charge in [-0.15, -0.1) is 11.3 Å². The number of aromatic nitrogens is 3. The Hall–Kier alpha value is -1.55. The molecule has 7 nitrogen and oxygen atoms in total. The predicted molar refractivity (Wildman–Crippen MR) is 128 cm³/mol. The first kappa shape index (κ1) is 23.6. The molecular weight excluding hydrogens is 442 g/mol. The second-order valence-corrected chi connectivity index (χ2v) is 10.6. The van der Waals surface area contributed by atoms with E-state index in [0.29, 0.717) is 12.3 Å². The number of piperidine rings is 1. The van der Waals surface area contributed by atoms with Crippen LogP contribution in [0.1, 0.15) is 47.0 Å². The Morgan fingerprint density at radius 3 is 2.88 bits per heavy atom. The highest BCUT2D eigenvalue weighted by molar-refractivity contribution is 7.99. The minimum Gasteiger partial charge on any atom is -0.379 e. The van der Waals surface area contributed by atoms with E-state index in [4.69, 9.17) is 9.72 Å². The summed E-state index contributed by atoms with van der Waals surface area (Å²) in [5.74, 6) is 1.52. The fourth-order valence-corrected chi connectivity index (χ4v) is 5.99. The summed E-state index contributed by atoms with van der Waals surface area (Å²) >= 11 is 3.37. The highest BCUT2D eigenvalue weighted by Crippen LogP contribution is 2.29. The van der Waals surface area contributed by atoms with Crippen LogP contribution in [-0.4, -0.2) is 82.3 Å². The van der Waals surface area contributed by atoms with Crippen molar-refractivity contribution in [3.8, 4) is 0 Å². The monoisotopic (exact) mass is 475 g/mol. The van der Waals surface area contributed by atoms with Crippen molar-refractivity contribution in [2.75, 3.05) is 51.7 Å². The fraction of sp³-hybridized carbons (Fsp3) is 0.652. The first-order valence-electron chi connectivity index (χ1n) is 11.5. The Bertz CT molecular complexity index is 900. The van der Waals surface area contributed by atoms with Crippen LogP contribution in [0.25, 0.3) is 0 Å². The van der Waals surface area contributed by atoms with Crippen LogP contribution in [0.3, 0.4) is 0 Å². The average Bonchev–Trinajstić information content (AvgIpc) is 3.24. The Labute approximate surface area is 199 Å². The van der Waals surface area contributed by atoms with Crippen LogP contribution >= 0.6 is 23.1 Å². The highest BCUT2D eigenvalue weighted by Gasteiger charge is 2.27. The molecular formula is C23H33N5O2S2. The molecule has 32 heavy (non-hydrogen) atoms. The van der Waals surface area contributed by atoms with Gasteiger partial charge in [0.25, 0.3) is 0 Å². The number of aryl methyl sites for hydroxylation is 3. The van der Waals surface area contributed by atoms with Gasteiger partial charge in [0.2, 0.25) is 5.91 Å². The Morgan fingerprint density at radius 2 is 2.09 bits per heavy atom. The predicted octanol–water partition coefficient (Wildman–Crippen LogP) is 3.31. The van der Waals surface area contributed by atoms with Crippen LogP contribution < -0.4 is 0 Å². The molecule has 0 spiro atoms. The largest absolute Gasteiger partial charge is 0.379 e. The number of carbonyl (C=O) groups excluding carboxylic acids is 1. The molecule has 2 saturated heterocycles. The molecule has 0 unspecified atom stereocenters. The maximum Gasteiger partial charge on any atom is 0.222 e. The van der Waals surface area contributed by atoms with Crippen molar-refractivity contribution >= 4 is 29.0 Å². The van der Waals surface area contributed by atoms with Crippen molar-refractivity contribution in [1.29, 1.82) is 0 Å². The molecule has 0 radical (unpaired) electrons. The number of amides is 1. The zero-order valence-corrected chi connectivity index (χ0v) is 20.7. The van der Waals surface area contributed by atoms with Crippen LogP contribution in [0.4, 0.5) is 0 Å². The zero-order valence-electron chi connectivity index (χ0n) is 19.1. The van der Waals surface area contributed by atoms with Crippen LogP contribution in [0.5, 0.6) is 0 Å². The third kappa shape index (κ3) is 6.27. The summed E-state index contributed by atoms with van der Waals surface area (Å²) in [5, 5.41) is 0.850. The zero-order chi connectivity index (χ0) is 22.3. The van der Waals surface area contributed by atoms with Gasteiger partial charge in [0.05, 0.1) is 30.1 Å². The smallest absolute Gasteiger partial charge is 0.222 e. The van der Waals surface area contributed by atoms with Crippen molar-refractivity contribution in [2.24, 2.45) is 0 Å². The molecule has 0 aromatic carbocycles. The number of rotatable bonds is 8. The number of likely N-dealkylation sites (tertiary alicyclic amines) is 1. The van der Waals surface area contributed by atoms with Gasteiger partial charge in [-0.1, -0.05) is 11.8 Å². The summed E-state index contributed by atoms with van der Waals surface area (Å²) in [4.78, 5) is 32.4. The first-order chi connectivity index (χ1) is 15.6. The maximum absolute atomic E-state index is 12.9. The van der Waals surface area contributed by atoms with Crippen LogP contribution in [-0.2, 0) is 16.0 Å². The molecule has 2 fully saturated rings. The van der Waals surface area contributed by atoms with E-state index in [9.17, 15) is 4.79 Å². The molecule has 174 valence electrons. The molecule has 4 heterocycles. The molecule has 2 aromatic rings. The summed E-state index contributed by atoms with van der Waals surface area (Å²) in [6.07, 6.45) is 5.40. The highest BCUT2D eigenvalue weighted by atomic mass is 32.2. The van der Waals surface area contributed by atoms with E-state index in [1.807, 2.05) is 23.5 Å². The second kappa shape index (κ2) is 11.5. The molecule has 0 saturated carbocycles. The van der Waals surface area contributed by atoms with Crippen molar-refractivity contribution in [1.82, 2.24) is 24.8 Å². The Balaban J connectivity index is 1.32. The van der Waals surface area contributed by atoms with Gasteiger partial charge >= 0.3 is 0 Å². The maximum atomic E-state index is 12.9. The standard InChI is InChI=1S/C23H33N5O2S2/c1-17-14-24-23(31-13-10-27-8-11-30-12-9-27)26-22(17)19-4-3-7-28(15-19)21(29)6-5-20-18(2)25-16-32-20/h14,16,19H,3-13,15H2,1-2H3/t19-/m0/s1. The molecule has 9 heteroatoms. The minimum atomic E-state index is 0.245. The van der Waals surface area contributed by atoms with E-state index in [0.717, 1.165) is 93.1 Å². The third-order valence-corrected chi connectivity index (χ3v) is 8.14. The summed E-state index contributed by atoms with van der Waals surface area (Å²) < 4.78 is 5.42. The number of carbonyl (C=O) groups is 1. The molecule has 0 bridgehead atoms. The lowest BCUT2D eigenvalue weighted by Gasteiger charge is -2.33. The van der Waals surface area contributed by atoms with Crippen LogP contribution in [0, 0.1) is 13.8 Å². The second-order valence-electron chi connectivity index (χ2n) is 8.56. The molecule has 4 rings (SSSR count). The van der Waals surface area contributed by atoms with E-state index in [-0.39, 0.29) is 5.91 Å². The summed E-state index contributed by atoms with van der Waals surface area (Å²) in [6.45, 7) is 10.4. The number of thioether (sulfide) groups is 1. The lowest BCUT2D eigenvalue weighted by atomic mass is 9.92. The Morgan fingerprint density at radius 1 is 1.25 bits per heavy atom.